The van der Waals surface area contributed by atoms with Gasteiger partial charge in [-0.15, -0.1) is 10.2 Å². The van der Waals surface area contributed by atoms with Crippen LogP contribution in [0.5, 0.6) is 0 Å². The molecule has 0 aliphatic heterocycles. The zero-order chi connectivity index (χ0) is 22.1. The van der Waals surface area contributed by atoms with Gasteiger partial charge in [0.15, 0.2) is 11.0 Å². The van der Waals surface area contributed by atoms with E-state index in [0.717, 1.165) is 11.3 Å². The molecule has 0 aliphatic rings. The van der Waals surface area contributed by atoms with Crippen LogP contribution in [0.25, 0.3) is 28.0 Å². The van der Waals surface area contributed by atoms with Crippen LogP contribution in [0.4, 0.5) is 4.39 Å². The molecule has 0 fully saturated rings. The van der Waals surface area contributed by atoms with E-state index in [0.29, 0.717) is 27.7 Å². The van der Waals surface area contributed by atoms with Gasteiger partial charge in [-0.25, -0.2) is 9.37 Å². The smallest absolute Gasteiger partial charge is 0.258 e. The molecule has 6 nitrogen and oxygen atoms in total. The Morgan fingerprint density at radius 2 is 1.66 bits per heavy atom. The summed E-state index contributed by atoms with van der Waals surface area (Å²) in [5.41, 5.74) is 2.10. The van der Waals surface area contributed by atoms with E-state index in [2.05, 4.69) is 20.2 Å². The Kier molecular flexibility index (Phi) is 5.28. The Morgan fingerprint density at radius 1 is 0.938 bits per heavy atom. The van der Waals surface area contributed by atoms with E-state index in [-0.39, 0.29) is 16.6 Å². The number of fused-ring (bicyclic) bond motifs is 1. The number of rotatable bonds is 5. The van der Waals surface area contributed by atoms with Crippen molar-refractivity contribution in [2.75, 3.05) is 0 Å². The highest BCUT2D eigenvalue weighted by Crippen LogP contribution is 2.35. The maximum absolute atomic E-state index is 13.6. The first-order valence-corrected chi connectivity index (χ1v) is 10.9. The van der Waals surface area contributed by atoms with Gasteiger partial charge in [0.1, 0.15) is 11.6 Å². The summed E-state index contributed by atoms with van der Waals surface area (Å²) < 4.78 is 15.4. The van der Waals surface area contributed by atoms with Crippen molar-refractivity contribution in [1.82, 2.24) is 24.7 Å². The van der Waals surface area contributed by atoms with Crippen molar-refractivity contribution in [2.45, 2.75) is 17.3 Å². The van der Waals surface area contributed by atoms with E-state index in [9.17, 15) is 9.18 Å². The second-order valence-electron chi connectivity index (χ2n) is 7.21. The van der Waals surface area contributed by atoms with Gasteiger partial charge in [-0.3, -0.25) is 9.36 Å². The summed E-state index contributed by atoms with van der Waals surface area (Å²) >= 11 is 1.42. The van der Waals surface area contributed by atoms with Gasteiger partial charge >= 0.3 is 0 Å². The lowest BCUT2D eigenvalue weighted by atomic mass is 10.2. The van der Waals surface area contributed by atoms with Gasteiger partial charge in [0.05, 0.1) is 16.2 Å². The Labute approximate surface area is 187 Å². The van der Waals surface area contributed by atoms with Crippen LogP contribution in [0.2, 0.25) is 0 Å². The Morgan fingerprint density at radius 3 is 2.44 bits per heavy atom. The average molecular weight is 444 g/mol. The van der Waals surface area contributed by atoms with Gasteiger partial charge in [-0.1, -0.05) is 54.2 Å². The van der Waals surface area contributed by atoms with E-state index < -0.39 is 0 Å². The summed E-state index contributed by atoms with van der Waals surface area (Å²) in [7, 11) is 0. The van der Waals surface area contributed by atoms with Crippen molar-refractivity contribution < 1.29 is 4.39 Å². The highest BCUT2D eigenvalue weighted by Gasteiger charge is 2.20. The second kappa shape index (κ2) is 8.39. The van der Waals surface area contributed by atoms with E-state index in [4.69, 9.17) is 0 Å². The topological polar surface area (TPSA) is 76.5 Å². The van der Waals surface area contributed by atoms with Crippen molar-refractivity contribution in [2.24, 2.45) is 0 Å². The summed E-state index contributed by atoms with van der Waals surface area (Å²) in [5.74, 6) is 0.879. The lowest BCUT2D eigenvalue weighted by Crippen LogP contribution is -2.13. The highest BCUT2D eigenvalue weighted by molar-refractivity contribution is 7.99. The summed E-state index contributed by atoms with van der Waals surface area (Å²) in [6, 6.07) is 23.1. The number of benzene rings is 3. The standard InChI is InChI=1S/C24H18FN5OS/c1-15(21-26-20-10-6-5-9-19(20)23(31)27-21)32-24-29-28-22(16-7-3-2-4-8-16)30(24)18-13-11-17(25)12-14-18/h2-15H,1H3,(H,26,27,31). The molecule has 0 saturated carbocycles. The molecule has 0 radical (unpaired) electrons. The minimum atomic E-state index is -0.316. The van der Waals surface area contributed by atoms with Crippen molar-refractivity contribution in [1.29, 1.82) is 0 Å². The van der Waals surface area contributed by atoms with Crippen molar-refractivity contribution in [3.05, 3.63) is 101 Å². The lowest BCUT2D eigenvalue weighted by molar-refractivity contribution is 0.627. The van der Waals surface area contributed by atoms with Gasteiger partial charge in [-0.2, -0.15) is 0 Å². The third kappa shape index (κ3) is 3.80. The third-order valence-electron chi connectivity index (χ3n) is 5.05. The van der Waals surface area contributed by atoms with E-state index in [1.807, 2.05) is 60.0 Å². The van der Waals surface area contributed by atoms with Crippen LogP contribution >= 0.6 is 11.8 Å². The largest absolute Gasteiger partial charge is 0.309 e. The fraction of sp³-hybridized carbons (Fsp3) is 0.0833. The third-order valence-corrected chi connectivity index (χ3v) is 6.10. The molecule has 2 heterocycles. The molecule has 1 N–H and O–H groups in total. The molecule has 0 bridgehead atoms. The summed E-state index contributed by atoms with van der Waals surface area (Å²) in [4.78, 5) is 20.0. The predicted molar refractivity (Wildman–Crippen MR) is 123 cm³/mol. The van der Waals surface area contributed by atoms with Crippen LogP contribution in [0, 0.1) is 5.82 Å². The number of H-pyrrole nitrogens is 1. The van der Waals surface area contributed by atoms with Gasteiger partial charge < -0.3 is 4.98 Å². The molecule has 158 valence electrons. The molecule has 2 aromatic heterocycles. The Balaban J connectivity index is 1.57. The number of halogens is 1. The molecular formula is C24H18FN5OS. The normalized spacial score (nSPS) is 12.2. The number of nitrogens with one attached hydrogen (secondary N) is 1. The molecule has 3 aromatic carbocycles. The molecular weight excluding hydrogens is 425 g/mol. The van der Waals surface area contributed by atoms with Gasteiger partial charge in [0, 0.05) is 11.3 Å². The van der Waals surface area contributed by atoms with Crippen molar-refractivity contribution in [3.63, 3.8) is 0 Å². The number of aromatic nitrogens is 5. The van der Waals surface area contributed by atoms with Gasteiger partial charge in [-0.05, 0) is 43.3 Å². The Bertz CT molecular complexity index is 1450. The zero-order valence-corrected chi connectivity index (χ0v) is 17.9. The number of aromatic amines is 1. The van der Waals surface area contributed by atoms with Gasteiger partial charge in [0.2, 0.25) is 0 Å². The quantitative estimate of drug-likeness (QED) is 0.380. The van der Waals surface area contributed by atoms with Crippen molar-refractivity contribution in [3.8, 4) is 17.1 Å². The monoisotopic (exact) mass is 443 g/mol. The summed E-state index contributed by atoms with van der Waals surface area (Å²) in [6.45, 7) is 1.95. The molecule has 32 heavy (non-hydrogen) atoms. The first-order valence-electron chi connectivity index (χ1n) is 10.0. The molecule has 5 aromatic rings. The molecule has 0 amide bonds. The first-order chi connectivity index (χ1) is 15.6. The molecule has 0 saturated heterocycles. The maximum atomic E-state index is 13.6. The number of hydrogen-bond donors (Lipinski definition) is 1. The van der Waals surface area contributed by atoms with Gasteiger partial charge in [0.25, 0.3) is 5.56 Å². The number of nitrogens with zero attached hydrogens (tertiary/aromatic N) is 4. The summed E-state index contributed by atoms with van der Waals surface area (Å²) in [5, 5.41) is 9.76. The summed E-state index contributed by atoms with van der Waals surface area (Å²) in [6.07, 6.45) is 0. The maximum Gasteiger partial charge on any atom is 0.258 e. The average Bonchev–Trinajstić information content (AvgIpc) is 3.23. The molecule has 0 spiro atoms. The Hall–Kier alpha value is -3.78. The van der Waals surface area contributed by atoms with Crippen LogP contribution in [0.3, 0.4) is 0 Å². The van der Waals surface area contributed by atoms with Crippen LogP contribution in [0.1, 0.15) is 18.0 Å². The van der Waals surface area contributed by atoms with Crippen LogP contribution in [0.15, 0.2) is 88.8 Å². The highest BCUT2D eigenvalue weighted by atomic mass is 32.2. The van der Waals surface area contributed by atoms with E-state index >= 15 is 0 Å². The van der Waals surface area contributed by atoms with Crippen LogP contribution in [-0.2, 0) is 0 Å². The number of hydrogen-bond acceptors (Lipinski definition) is 5. The molecule has 1 unspecified atom stereocenters. The molecule has 8 heteroatoms. The van der Waals surface area contributed by atoms with Crippen LogP contribution < -0.4 is 5.56 Å². The second-order valence-corrected chi connectivity index (χ2v) is 8.52. The molecule has 5 rings (SSSR count). The van der Waals surface area contributed by atoms with E-state index in [1.54, 1.807) is 18.2 Å². The fourth-order valence-electron chi connectivity index (χ4n) is 3.45. The SMILES string of the molecule is CC(Sc1nnc(-c2ccccc2)n1-c1ccc(F)cc1)c1nc2ccccc2c(=O)[nH]1. The number of thioether (sulfide) groups is 1. The molecule has 0 aliphatic carbocycles. The number of para-hydroxylation sites is 1. The lowest BCUT2D eigenvalue weighted by Gasteiger charge is -2.14. The van der Waals surface area contributed by atoms with E-state index in [1.165, 1.54) is 23.9 Å². The van der Waals surface area contributed by atoms with Crippen molar-refractivity contribution >= 4 is 22.7 Å². The zero-order valence-electron chi connectivity index (χ0n) is 17.1. The minimum Gasteiger partial charge on any atom is -0.309 e. The first kappa shape index (κ1) is 20.1. The minimum absolute atomic E-state index is 0.178. The fourth-order valence-corrected chi connectivity index (χ4v) is 4.38. The van der Waals surface area contributed by atoms with Crippen LogP contribution in [-0.4, -0.2) is 24.7 Å². The predicted octanol–water partition coefficient (Wildman–Crippen LogP) is 5.16. The molecule has 1 atom stereocenters.